The molecule has 1 atom stereocenters. The normalized spacial score (nSPS) is 12.4. The summed E-state index contributed by atoms with van der Waals surface area (Å²) in [6, 6.07) is 8.58. The molecule has 2 N–H and O–H groups in total. The maximum atomic E-state index is 12.5. The van der Waals surface area contributed by atoms with Crippen LogP contribution in [-0.4, -0.2) is 19.1 Å². The van der Waals surface area contributed by atoms with E-state index < -0.39 is 23.7 Å². The molecule has 2 aromatic rings. The fourth-order valence-electron chi connectivity index (χ4n) is 2.06. The third-order valence-corrected chi connectivity index (χ3v) is 3.70. The lowest BCUT2D eigenvalue weighted by Gasteiger charge is -2.16. The minimum absolute atomic E-state index is 0.277. The topological polar surface area (TPSA) is 50.4 Å². The van der Waals surface area contributed by atoms with E-state index in [9.17, 15) is 18.0 Å². The molecule has 2 rings (SSSR count). The van der Waals surface area contributed by atoms with Crippen LogP contribution in [0.1, 0.15) is 12.5 Å². The van der Waals surface area contributed by atoms with Crippen LogP contribution in [0.3, 0.4) is 0 Å². The van der Waals surface area contributed by atoms with Crippen molar-refractivity contribution in [2.24, 2.45) is 0 Å². The first-order valence-electron chi connectivity index (χ1n) is 7.29. The van der Waals surface area contributed by atoms with E-state index in [1.54, 1.807) is 25.1 Å². The van der Waals surface area contributed by atoms with Crippen molar-refractivity contribution in [1.82, 2.24) is 0 Å². The number of amides is 1. The van der Waals surface area contributed by atoms with Crippen LogP contribution in [0.4, 0.5) is 24.5 Å². The summed E-state index contributed by atoms with van der Waals surface area (Å²) >= 11 is 6.02. The van der Waals surface area contributed by atoms with Gasteiger partial charge < -0.3 is 15.4 Å². The van der Waals surface area contributed by atoms with Crippen molar-refractivity contribution < 1.29 is 22.7 Å². The zero-order chi connectivity index (χ0) is 18.6. The van der Waals surface area contributed by atoms with Gasteiger partial charge in [0.2, 0.25) is 5.91 Å². The van der Waals surface area contributed by atoms with Gasteiger partial charge in [-0.25, -0.2) is 0 Å². The molecule has 0 saturated carbocycles. The molecule has 134 valence electrons. The molecule has 0 unspecified atom stereocenters. The summed E-state index contributed by atoms with van der Waals surface area (Å²) in [6.07, 6.45) is -4.41. The Kier molecular flexibility index (Phi) is 5.79. The summed E-state index contributed by atoms with van der Waals surface area (Å²) in [5, 5.41) is 5.90. The van der Waals surface area contributed by atoms with Crippen molar-refractivity contribution >= 4 is 28.9 Å². The Hall–Kier alpha value is -2.41. The molecule has 4 nitrogen and oxygen atoms in total. The van der Waals surface area contributed by atoms with E-state index >= 15 is 0 Å². The van der Waals surface area contributed by atoms with E-state index in [1.165, 1.54) is 19.2 Å². The highest BCUT2D eigenvalue weighted by molar-refractivity contribution is 6.32. The fraction of sp³-hybridized carbons (Fsp3) is 0.235. The highest BCUT2D eigenvalue weighted by Crippen LogP contribution is 2.30. The van der Waals surface area contributed by atoms with Crippen molar-refractivity contribution in [3.8, 4) is 5.75 Å². The van der Waals surface area contributed by atoms with Crippen molar-refractivity contribution in [3.05, 3.63) is 53.1 Å². The summed E-state index contributed by atoms with van der Waals surface area (Å²) in [5.41, 5.74) is 0.116. The first-order chi connectivity index (χ1) is 11.7. The van der Waals surface area contributed by atoms with Gasteiger partial charge in [0.15, 0.2) is 0 Å². The number of carbonyl (C=O) groups excluding carboxylic acids is 1. The molecule has 25 heavy (non-hydrogen) atoms. The number of halogens is 4. The van der Waals surface area contributed by atoms with Crippen LogP contribution in [0.2, 0.25) is 5.02 Å². The minimum Gasteiger partial charge on any atom is -0.495 e. The largest absolute Gasteiger partial charge is 0.495 e. The predicted molar refractivity (Wildman–Crippen MR) is 91.2 cm³/mol. The standard InChI is InChI=1S/C17H16ClF3N2O2/c1-10(22-13-7-8-15(25-2)14(18)9-13)16(24)23-12-5-3-11(4-6-12)17(19,20)21/h3-10,22H,1-2H3,(H,23,24)/t10-/m0/s1. The van der Waals surface area contributed by atoms with E-state index in [-0.39, 0.29) is 5.69 Å². The van der Waals surface area contributed by atoms with Crippen molar-refractivity contribution in [2.45, 2.75) is 19.1 Å². The van der Waals surface area contributed by atoms with Gasteiger partial charge in [-0.1, -0.05) is 11.6 Å². The highest BCUT2D eigenvalue weighted by Gasteiger charge is 2.30. The van der Waals surface area contributed by atoms with Gasteiger partial charge in [0.05, 0.1) is 17.7 Å². The fourth-order valence-corrected chi connectivity index (χ4v) is 2.32. The zero-order valence-corrected chi connectivity index (χ0v) is 14.2. The summed E-state index contributed by atoms with van der Waals surface area (Å²) in [4.78, 5) is 12.2. The highest BCUT2D eigenvalue weighted by atomic mass is 35.5. The number of alkyl halides is 3. The quantitative estimate of drug-likeness (QED) is 0.792. The van der Waals surface area contributed by atoms with Gasteiger partial charge in [0.25, 0.3) is 0 Å². The first-order valence-corrected chi connectivity index (χ1v) is 7.66. The molecule has 0 radical (unpaired) electrons. The van der Waals surface area contributed by atoms with Gasteiger partial charge in [0.1, 0.15) is 11.8 Å². The third-order valence-electron chi connectivity index (χ3n) is 3.41. The second-order valence-corrected chi connectivity index (χ2v) is 5.69. The molecule has 8 heteroatoms. The van der Waals surface area contributed by atoms with E-state index in [2.05, 4.69) is 10.6 Å². The van der Waals surface area contributed by atoms with E-state index in [4.69, 9.17) is 16.3 Å². The average molecular weight is 373 g/mol. The number of rotatable bonds is 5. The van der Waals surface area contributed by atoms with E-state index in [0.717, 1.165) is 12.1 Å². The van der Waals surface area contributed by atoms with Gasteiger partial charge >= 0.3 is 6.18 Å². The van der Waals surface area contributed by atoms with Gasteiger partial charge in [0, 0.05) is 11.4 Å². The third kappa shape index (κ3) is 5.03. The molecule has 0 aliphatic rings. The Morgan fingerprint density at radius 3 is 2.24 bits per heavy atom. The number of ether oxygens (including phenoxy) is 1. The molecular formula is C17H16ClF3N2O2. The van der Waals surface area contributed by atoms with Gasteiger partial charge in [-0.2, -0.15) is 13.2 Å². The van der Waals surface area contributed by atoms with Crippen LogP contribution in [0.5, 0.6) is 5.75 Å². The number of hydrogen-bond acceptors (Lipinski definition) is 3. The van der Waals surface area contributed by atoms with Crippen LogP contribution in [-0.2, 0) is 11.0 Å². The van der Waals surface area contributed by atoms with Crippen LogP contribution >= 0.6 is 11.6 Å². The van der Waals surface area contributed by atoms with E-state index in [0.29, 0.717) is 16.5 Å². The lowest BCUT2D eigenvalue weighted by atomic mass is 10.2. The predicted octanol–water partition coefficient (Wildman–Crippen LogP) is 4.81. The molecule has 0 spiro atoms. The lowest BCUT2D eigenvalue weighted by Crippen LogP contribution is -2.31. The molecule has 0 aliphatic carbocycles. The maximum Gasteiger partial charge on any atom is 0.416 e. The smallest absolute Gasteiger partial charge is 0.416 e. The Morgan fingerprint density at radius 2 is 1.72 bits per heavy atom. The number of anilines is 2. The SMILES string of the molecule is COc1ccc(N[C@@H](C)C(=O)Nc2ccc(C(F)(F)F)cc2)cc1Cl. The number of hydrogen-bond donors (Lipinski definition) is 2. The molecule has 0 heterocycles. The van der Waals surface area contributed by atoms with Crippen LogP contribution in [0.25, 0.3) is 0 Å². The Balaban J connectivity index is 1.99. The van der Waals surface area contributed by atoms with Gasteiger partial charge in [-0.15, -0.1) is 0 Å². The monoisotopic (exact) mass is 372 g/mol. The number of nitrogens with one attached hydrogen (secondary N) is 2. The van der Waals surface area contributed by atoms with Crippen molar-refractivity contribution in [3.63, 3.8) is 0 Å². The number of carbonyl (C=O) groups is 1. The second kappa shape index (κ2) is 7.65. The van der Waals surface area contributed by atoms with Crippen LogP contribution in [0, 0.1) is 0 Å². The molecule has 0 bridgehead atoms. The lowest BCUT2D eigenvalue weighted by molar-refractivity contribution is -0.137. The van der Waals surface area contributed by atoms with Gasteiger partial charge in [-0.3, -0.25) is 4.79 Å². The maximum absolute atomic E-state index is 12.5. The molecule has 0 saturated heterocycles. The summed E-state index contributed by atoms with van der Waals surface area (Å²) in [6.45, 7) is 1.62. The van der Waals surface area contributed by atoms with Crippen LogP contribution < -0.4 is 15.4 Å². The molecule has 0 aromatic heterocycles. The minimum atomic E-state index is -4.41. The Bertz CT molecular complexity index is 749. The first kappa shape index (κ1) is 18.9. The molecule has 1 amide bonds. The average Bonchev–Trinajstić information content (AvgIpc) is 2.54. The molecule has 0 fully saturated rings. The van der Waals surface area contributed by atoms with Crippen molar-refractivity contribution in [2.75, 3.05) is 17.7 Å². The second-order valence-electron chi connectivity index (χ2n) is 5.28. The number of benzene rings is 2. The zero-order valence-electron chi connectivity index (χ0n) is 13.4. The molecule has 2 aromatic carbocycles. The molecular weight excluding hydrogens is 357 g/mol. The Labute approximate surface area is 147 Å². The summed E-state index contributed by atoms with van der Waals surface area (Å²) < 4.78 is 42.6. The van der Waals surface area contributed by atoms with E-state index in [1.807, 2.05) is 0 Å². The number of methoxy groups -OCH3 is 1. The Morgan fingerprint density at radius 1 is 1.12 bits per heavy atom. The van der Waals surface area contributed by atoms with Crippen molar-refractivity contribution in [1.29, 1.82) is 0 Å². The molecule has 0 aliphatic heterocycles. The summed E-state index contributed by atoms with van der Waals surface area (Å²) in [5.74, 6) is 0.112. The summed E-state index contributed by atoms with van der Waals surface area (Å²) in [7, 11) is 1.49. The van der Waals surface area contributed by atoms with Crippen LogP contribution in [0.15, 0.2) is 42.5 Å². The van der Waals surface area contributed by atoms with Gasteiger partial charge in [-0.05, 0) is 49.4 Å².